The van der Waals surface area contributed by atoms with Gasteiger partial charge in [0.15, 0.2) is 0 Å². The summed E-state index contributed by atoms with van der Waals surface area (Å²) in [4.78, 5) is 18.1. The maximum Gasteiger partial charge on any atom is 0.334 e. The molecule has 0 saturated carbocycles. The molecule has 7 nitrogen and oxygen atoms in total. The van der Waals surface area contributed by atoms with E-state index in [2.05, 4.69) is 52.3 Å². The molecule has 0 spiro atoms. The highest BCUT2D eigenvalue weighted by atomic mass is 79.9. The Labute approximate surface area is 187 Å². The van der Waals surface area contributed by atoms with Crippen molar-refractivity contribution in [2.75, 3.05) is 29.6 Å². The quantitative estimate of drug-likeness (QED) is 0.355. The van der Waals surface area contributed by atoms with Gasteiger partial charge in [-0.05, 0) is 43.4 Å². The van der Waals surface area contributed by atoms with Crippen molar-refractivity contribution in [3.05, 3.63) is 50.5 Å². The number of anilines is 3. The topological polar surface area (TPSA) is 83.3 Å². The summed E-state index contributed by atoms with van der Waals surface area (Å²) >= 11 is 3.45. The molecule has 0 saturated heterocycles. The summed E-state index contributed by atoms with van der Waals surface area (Å²) in [6.45, 7) is 11.2. The summed E-state index contributed by atoms with van der Waals surface area (Å²) < 4.78 is 1.02. The molecule has 8 heteroatoms. The van der Waals surface area contributed by atoms with Gasteiger partial charge in [-0.2, -0.15) is 0 Å². The highest BCUT2D eigenvalue weighted by Crippen LogP contribution is 2.38. The van der Waals surface area contributed by atoms with E-state index in [1.807, 2.05) is 50.1 Å². The third-order valence-electron chi connectivity index (χ3n) is 4.58. The van der Waals surface area contributed by atoms with Crippen LogP contribution in [0.4, 0.5) is 23.0 Å². The zero-order chi connectivity index (χ0) is 22.7. The van der Waals surface area contributed by atoms with Crippen LogP contribution in [0, 0.1) is 15.5 Å². The van der Waals surface area contributed by atoms with Crippen molar-refractivity contribution in [3.63, 3.8) is 0 Å². The van der Waals surface area contributed by atoms with E-state index < -0.39 is 0 Å². The predicted octanol–water partition coefficient (Wildman–Crippen LogP) is 6.06. The fourth-order valence-corrected chi connectivity index (χ4v) is 4.08. The number of aromatic nitrogens is 1. The van der Waals surface area contributed by atoms with Gasteiger partial charge in [-0.3, -0.25) is 10.1 Å². The largest absolute Gasteiger partial charge is 0.382 e. The second kappa shape index (κ2) is 9.20. The molecule has 0 unspecified atom stereocenters. The van der Waals surface area contributed by atoms with Gasteiger partial charge in [0.1, 0.15) is 11.5 Å². The number of benzene rings is 1. The number of pyridine rings is 1. The molecule has 1 aromatic carbocycles. The Kier molecular flexibility index (Phi) is 7.34. The molecular formula is C22H32BrN5O2. The van der Waals surface area contributed by atoms with Crippen molar-refractivity contribution in [1.82, 2.24) is 4.98 Å². The molecule has 0 bridgehead atoms. The van der Waals surface area contributed by atoms with Crippen molar-refractivity contribution < 1.29 is 4.92 Å². The minimum absolute atomic E-state index is 0.0414. The van der Waals surface area contributed by atoms with Gasteiger partial charge in [-0.25, -0.2) is 4.98 Å². The molecular weight excluding hydrogens is 446 g/mol. The summed E-state index contributed by atoms with van der Waals surface area (Å²) in [6, 6.07) is 9.78. The molecule has 0 radical (unpaired) electrons. The monoisotopic (exact) mass is 477 g/mol. The van der Waals surface area contributed by atoms with Crippen LogP contribution in [0.1, 0.15) is 46.6 Å². The number of halogens is 1. The Morgan fingerprint density at radius 1 is 1.17 bits per heavy atom. The predicted molar refractivity (Wildman–Crippen MR) is 128 cm³/mol. The molecule has 0 fully saturated rings. The normalized spacial score (nSPS) is 11.9. The first-order valence-corrected chi connectivity index (χ1v) is 10.7. The Hall–Kier alpha value is -2.35. The van der Waals surface area contributed by atoms with Crippen molar-refractivity contribution in [3.8, 4) is 0 Å². The number of nitro groups is 1. The average Bonchev–Trinajstić information content (AvgIpc) is 2.60. The molecule has 30 heavy (non-hydrogen) atoms. The molecule has 164 valence electrons. The Morgan fingerprint density at radius 3 is 2.27 bits per heavy atom. The first kappa shape index (κ1) is 23.9. The first-order valence-electron chi connectivity index (χ1n) is 9.92. The van der Waals surface area contributed by atoms with Crippen molar-refractivity contribution in [2.24, 2.45) is 5.41 Å². The van der Waals surface area contributed by atoms with E-state index in [-0.39, 0.29) is 27.4 Å². The lowest BCUT2D eigenvalue weighted by atomic mass is 9.82. The molecule has 1 heterocycles. The summed E-state index contributed by atoms with van der Waals surface area (Å²) in [5.74, 6) is 0.931. The van der Waals surface area contributed by atoms with Gasteiger partial charge in [0, 0.05) is 36.7 Å². The average molecular weight is 478 g/mol. The maximum absolute atomic E-state index is 11.8. The van der Waals surface area contributed by atoms with Crippen LogP contribution in [0.2, 0.25) is 0 Å². The van der Waals surface area contributed by atoms with Crippen LogP contribution < -0.4 is 15.5 Å². The van der Waals surface area contributed by atoms with Crippen molar-refractivity contribution in [1.29, 1.82) is 0 Å². The second-order valence-electron chi connectivity index (χ2n) is 9.46. The summed E-state index contributed by atoms with van der Waals surface area (Å²) in [5, 5.41) is 18.1. The Balaban J connectivity index is 2.44. The van der Waals surface area contributed by atoms with Crippen LogP contribution in [-0.4, -0.2) is 29.5 Å². The molecule has 0 aliphatic heterocycles. The minimum atomic E-state index is -0.382. The van der Waals surface area contributed by atoms with Gasteiger partial charge >= 0.3 is 5.69 Å². The highest BCUT2D eigenvalue weighted by Gasteiger charge is 2.31. The van der Waals surface area contributed by atoms with E-state index in [0.29, 0.717) is 18.1 Å². The Morgan fingerprint density at radius 2 is 1.77 bits per heavy atom. The fourth-order valence-electron chi connectivity index (χ4n) is 3.82. The van der Waals surface area contributed by atoms with Crippen LogP contribution in [-0.2, 0) is 6.54 Å². The minimum Gasteiger partial charge on any atom is -0.382 e. The fraction of sp³-hybridized carbons (Fsp3) is 0.500. The van der Waals surface area contributed by atoms with E-state index in [1.54, 1.807) is 13.1 Å². The maximum atomic E-state index is 11.8. The molecule has 1 aromatic heterocycles. The zero-order valence-corrected chi connectivity index (χ0v) is 20.4. The zero-order valence-electron chi connectivity index (χ0n) is 18.8. The summed E-state index contributed by atoms with van der Waals surface area (Å²) in [5.41, 5.74) is 1.20. The van der Waals surface area contributed by atoms with Crippen LogP contribution >= 0.6 is 15.9 Å². The lowest BCUT2D eigenvalue weighted by Crippen LogP contribution is -2.36. The van der Waals surface area contributed by atoms with Crippen LogP contribution in [0.25, 0.3) is 0 Å². The molecule has 0 amide bonds. The standard InChI is InChI=1S/C22H32BrN5O2/c1-21(2,3)14-22(4,5)26-20-19(28(29)30)17(24-6)12-18(25-20)27(7)13-15-8-10-16(23)11-9-15/h8-12H,13-14H2,1-7H3,(H2,24,25,26). The van der Waals surface area contributed by atoms with Gasteiger partial charge < -0.3 is 15.5 Å². The first-order chi connectivity index (χ1) is 13.8. The van der Waals surface area contributed by atoms with Crippen molar-refractivity contribution >= 4 is 38.9 Å². The molecule has 2 aromatic rings. The van der Waals surface area contributed by atoms with Gasteiger partial charge in [0.05, 0.1) is 4.92 Å². The lowest BCUT2D eigenvalue weighted by Gasteiger charge is -2.34. The van der Waals surface area contributed by atoms with E-state index in [4.69, 9.17) is 0 Å². The summed E-state index contributed by atoms with van der Waals surface area (Å²) in [7, 11) is 3.62. The highest BCUT2D eigenvalue weighted by molar-refractivity contribution is 9.10. The third kappa shape index (κ3) is 6.58. The third-order valence-corrected chi connectivity index (χ3v) is 5.11. The summed E-state index contributed by atoms with van der Waals surface area (Å²) in [6.07, 6.45) is 0.826. The molecule has 0 aliphatic carbocycles. The van der Waals surface area contributed by atoms with E-state index in [0.717, 1.165) is 16.5 Å². The van der Waals surface area contributed by atoms with Crippen molar-refractivity contribution in [2.45, 2.75) is 53.1 Å². The molecule has 0 atom stereocenters. The number of hydrogen-bond acceptors (Lipinski definition) is 6. The van der Waals surface area contributed by atoms with Gasteiger partial charge in [0.2, 0.25) is 5.82 Å². The number of nitrogens with one attached hydrogen (secondary N) is 2. The van der Waals surface area contributed by atoms with Crippen LogP contribution in [0.3, 0.4) is 0 Å². The SMILES string of the molecule is CNc1cc(N(C)Cc2ccc(Br)cc2)nc(NC(C)(C)CC(C)(C)C)c1[N+](=O)[O-]. The second-order valence-corrected chi connectivity index (χ2v) is 10.4. The molecule has 2 rings (SSSR count). The van der Waals surface area contributed by atoms with E-state index in [9.17, 15) is 10.1 Å². The number of rotatable bonds is 8. The smallest absolute Gasteiger partial charge is 0.334 e. The van der Waals surface area contributed by atoms with Crippen LogP contribution in [0.15, 0.2) is 34.8 Å². The lowest BCUT2D eigenvalue weighted by molar-refractivity contribution is -0.383. The van der Waals surface area contributed by atoms with Gasteiger partial charge in [0.25, 0.3) is 0 Å². The Bertz CT molecular complexity index is 892. The molecule has 0 aliphatic rings. The van der Waals surface area contributed by atoms with Gasteiger partial charge in [-0.15, -0.1) is 0 Å². The van der Waals surface area contributed by atoms with Crippen LogP contribution in [0.5, 0.6) is 0 Å². The number of hydrogen-bond donors (Lipinski definition) is 2. The van der Waals surface area contributed by atoms with E-state index >= 15 is 0 Å². The number of nitrogens with zero attached hydrogens (tertiary/aromatic N) is 3. The molecule has 2 N–H and O–H groups in total. The van der Waals surface area contributed by atoms with Gasteiger partial charge in [-0.1, -0.05) is 48.8 Å². The van der Waals surface area contributed by atoms with E-state index in [1.165, 1.54) is 0 Å².